The van der Waals surface area contributed by atoms with Crippen molar-refractivity contribution in [3.05, 3.63) is 54.4 Å². The number of ether oxygens (including phenoxy) is 1. The van der Waals surface area contributed by atoms with E-state index in [0.29, 0.717) is 39.6 Å². The molecule has 0 aliphatic carbocycles. The van der Waals surface area contributed by atoms with Crippen molar-refractivity contribution < 1.29 is 22.7 Å². The molecule has 1 aliphatic rings. The highest BCUT2D eigenvalue weighted by Gasteiger charge is 2.36. The Hall–Kier alpha value is -4.32. The Balaban J connectivity index is 1.54. The number of hydrogen-bond donors (Lipinski definition) is 2. The van der Waals surface area contributed by atoms with Crippen LogP contribution in [0.15, 0.2) is 48.8 Å². The zero-order chi connectivity index (χ0) is 29.5. The summed E-state index contributed by atoms with van der Waals surface area (Å²) in [6.07, 6.45) is -1.28. The minimum absolute atomic E-state index is 0.0109. The van der Waals surface area contributed by atoms with E-state index in [1.807, 2.05) is 20.2 Å². The lowest BCUT2D eigenvalue weighted by molar-refractivity contribution is -0.137. The number of likely N-dealkylation sites (N-methyl/N-ethyl adjacent to an activating group) is 1. The van der Waals surface area contributed by atoms with Crippen molar-refractivity contribution in [2.45, 2.75) is 25.6 Å². The SMILES string of the molecule is COc1cccc2c(-c3nc(Nc4ccc(N5CCC(N(C)C)C5)c(NC(C)=O)c4)ncc3C(F)(F)F)cn(C)c12. The number of fused-ring (bicyclic) bond motifs is 1. The zero-order valence-electron chi connectivity index (χ0n) is 23.5. The summed E-state index contributed by atoms with van der Waals surface area (Å²) >= 11 is 0. The maximum atomic E-state index is 14.1. The largest absolute Gasteiger partial charge is 0.495 e. The Bertz CT molecular complexity index is 1600. The quantitative estimate of drug-likeness (QED) is 0.305. The molecule has 2 N–H and O–H groups in total. The van der Waals surface area contributed by atoms with Crippen LogP contribution in [0.1, 0.15) is 18.9 Å². The van der Waals surface area contributed by atoms with Crippen LogP contribution in [0.2, 0.25) is 0 Å². The average Bonchev–Trinajstić information content (AvgIpc) is 3.53. The number of para-hydroxylation sites is 1. The van der Waals surface area contributed by atoms with Gasteiger partial charge in [-0.05, 0) is 44.8 Å². The Kier molecular flexibility index (Phi) is 7.52. The van der Waals surface area contributed by atoms with E-state index in [9.17, 15) is 18.0 Å². The average molecular weight is 568 g/mol. The first-order valence-corrected chi connectivity index (χ1v) is 13.1. The van der Waals surface area contributed by atoms with Crippen molar-refractivity contribution in [2.24, 2.45) is 7.05 Å². The number of nitrogens with zero attached hydrogens (tertiary/aromatic N) is 5. The number of aryl methyl sites for hydroxylation is 1. The highest BCUT2D eigenvalue weighted by Crippen LogP contribution is 2.41. The summed E-state index contributed by atoms with van der Waals surface area (Å²) in [7, 11) is 7.35. The predicted molar refractivity (Wildman–Crippen MR) is 154 cm³/mol. The summed E-state index contributed by atoms with van der Waals surface area (Å²) in [6, 6.07) is 11.0. The first kappa shape index (κ1) is 28.2. The topological polar surface area (TPSA) is 87.6 Å². The van der Waals surface area contributed by atoms with Gasteiger partial charge in [-0.3, -0.25) is 4.79 Å². The smallest absolute Gasteiger partial charge is 0.419 e. The normalized spacial score (nSPS) is 15.5. The molecule has 5 rings (SSSR count). The number of benzene rings is 2. The van der Waals surface area contributed by atoms with Crippen LogP contribution in [-0.2, 0) is 18.0 Å². The molecule has 9 nitrogen and oxygen atoms in total. The van der Waals surface area contributed by atoms with Gasteiger partial charge in [0.05, 0.1) is 29.7 Å². The molecule has 1 unspecified atom stereocenters. The van der Waals surface area contributed by atoms with E-state index in [0.717, 1.165) is 31.4 Å². The Morgan fingerprint density at radius 1 is 1.20 bits per heavy atom. The first-order valence-electron chi connectivity index (χ1n) is 13.1. The lowest BCUT2D eigenvalue weighted by Gasteiger charge is -2.24. The fourth-order valence-corrected chi connectivity index (χ4v) is 5.33. The molecule has 1 aliphatic heterocycles. The van der Waals surface area contributed by atoms with Crippen LogP contribution in [-0.4, -0.2) is 65.7 Å². The minimum Gasteiger partial charge on any atom is -0.495 e. The number of nitrogens with one attached hydrogen (secondary N) is 2. The molecule has 1 atom stereocenters. The van der Waals surface area contributed by atoms with Crippen molar-refractivity contribution in [1.29, 1.82) is 0 Å². The van der Waals surface area contributed by atoms with Gasteiger partial charge in [0.2, 0.25) is 11.9 Å². The summed E-state index contributed by atoms with van der Waals surface area (Å²) in [5.74, 6) is 0.298. The molecule has 0 radical (unpaired) electrons. The lowest BCUT2D eigenvalue weighted by Crippen LogP contribution is -2.31. The van der Waals surface area contributed by atoms with E-state index < -0.39 is 11.7 Å². The molecule has 0 bridgehead atoms. The van der Waals surface area contributed by atoms with Crippen molar-refractivity contribution >= 4 is 39.8 Å². The van der Waals surface area contributed by atoms with Gasteiger partial charge in [0.1, 0.15) is 11.3 Å². The number of carbonyl (C=O) groups is 1. The number of aromatic nitrogens is 3. The van der Waals surface area contributed by atoms with E-state index in [1.54, 1.807) is 48.1 Å². The third kappa shape index (κ3) is 5.64. The number of hydrogen-bond acceptors (Lipinski definition) is 7. The summed E-state index contributed by atoms with van der Waals surface area (Å²) < 4.78 is 49.5. The molecule has 1 fully saturated rings. The number of methoxy groups -OCH3 is 1. The van der Waals surface area contributed by atoms with Gasteiger partial charge >= 0.3 is 6.18 Å². The van der Waals surface area contributed by atoms with Gasteiger partial charge in [-0.25, -0.2) is 9.97 Å². The second-order valence-electron chi connectivity index (χ2n) is 10.4. The number of alkyl halides is 3. The van der Waals surface area contributed by atoms with E-state index in [2.05, 4.69) is 30.4 Å². The minimum atomic E-state index is -4.67. The molecule has 2 aromatic heterocycles. The second kappa shape index (κ2) is 10.9. The van der Waals surface area contributed by atoms with Crippen LogP contribution in [0.4, 0.5) is 36.2 Å². The molecule has 1 saturated heterocycles. The standard InChI is InChI=1S/C29H32F3N7O2/c1-17(40)34-23-13-18(9-10-24(23)39-12-11-19(15-39)37(2)3)35-28-33-14-22(29(30,31)32)26(36-28)21-16-38(4)27-20(21)7-6-8-25(27)41-5/h6-10,13-14,16,19H,11-12,15H2,1-5H3,(H,34,40)(H,33,35,36). The van der Waals surface area contributed by atoms with Gasteiger partial charge in [-0.1, -0.05) is 12.1 Å². The van der Waals surface area contributed by atoms with Crippen molar-refractivity contribution in [3.63, 3.8) is 0 Å². The molecule has 0 saturated carbocycles. The molecule has 3 heterocycles. The van der Waals surface area contributed by atoms with Gasteiger partial charge in [0.25, 0.3) is 0 Å². The van der Waals surface area contributed by atoms with Gasteiger partial charge < -0.3 is 29.7 Å². The Morgan fingerprint density at radius 3 is 2.63 bits per heavy atom. The molecule has 0 spiro atoms. The molecular formula is C29H32F3N7O2. The first-order chi connectivity index (χ1) is 19.5. The van der Waals surface area contributed by atoms with Crippen molar-refractivity contribution in [2.75, 3.05) is 49.8 Å². The van der Waals surface area contributed by atoms with Crippen LogP contribution < -0.4 is 20.3 Å². The number of amides is 1. The van der Waals surface area contributed by atoms with Gasteiger partial charge in [-0.15, -0.1) is 0 Å². The van der Waals surface area contributed by atoms with Crippen LogP contribution in [0, 0.1) is 0 Å². The summed E-state index contributed by atoms with van der Waals surface area (Å²) in [5.41, 5.74) is 1.74. The van der Waals surface area contributed by atoms with Crippen LogP contribution in [0.25, 0.3) is 22.2 Å². The number of halogens is 3. The molecular weight excluding hydrogens is 535 g/mol. The fraction of sp³-hybridized carbons (Fsp3) is 0.345. The number of carbonyl (C=O) groups excluding carboxylic acids is 1. The van der Waals surface area contributed by atoms with Crippen LogP contribution in [0.3, 0.4) is 0 Å². The maximum Gasteiger partial charge on any atom is 0.419 e. The van der Waals surface area contributed by atoms with E-state index in [4.69, 9.17) is 4.74 Å². The number of anilines is 4. The van der Waals surface area contributed by atoms with Crippen molar-refractivity contribution in [1.82, 2.24) is 19.4 Å². The van der Waals surface area contributed by atoms with Gasteiger partial charge in [0, 0.05) is 62.1 Å². The van der Waals surface area contributed by atoms with E-state index in [1.165, 1.54) is 14.0 Å². The van der Waals surface area contributed by atoms with Crippen LogP contribution >= 0.6 is 0 Å². The summed E-state index contributed by atoms with van der Waals surface area (Å²) in [5, 5.41) is 6.48. The highest BCUT2D eigenvalue weighted by atomic mass is 19.4. The van der Waals surface area contributed by atoms with Crippen molar-refractivity contribution in [3.8, 4) is 17.0 Å². The third-order valence-corrected chi connectivity index (χ3v) is 7.33. The monoisotopic (exact) mass is 567 g/mol. The molecule has 2 aromatic carbocycles. The maximum absolute atomic E-state index is 14.1. The zero-order valence-corrected chi connectivity index (χ0v) is 23.5. The Morgan fingerprint density at radius 2 is 1.98 bits per heavy atom. The predicted octanol–water partition coefficient (Wildman–Crippen LogP) is 5.51. The Labute approximate surface area is 235 Å². The molecule has 1 amide bonds. The third-order valence-electron chi connectivity index (χ3n) is 7.33. The van der Waals surface area contributed by atoms with Gasteiger partial charge in [0.15, 0.2) is 0 Å². The fourth-order valence-electron chi connectivity index (χ4n) is 5.33. The lowest BCUT2D eigenvalue weighted by atomic mass is 10.1. The van der Waals surface area contributed by atoms with E-state index >= 15 is 0 Å². The summed E-state index contributed by atoms with van der Waals surface area (Å²) in [4.78, 5) is 24.7. The molecule has 216 valence electrons. The number of rotatable bonds is 7. The molecule has 4 aromatic rings. The highest BCUT2D eigenvalue weighted by molar-refractivity contribution is 5.99. The van der Waals surface area contributed by atoms with Crippen LogP contribution in [0.5, 0.6) is 5.75 Å². The molecule has 41 heavy (non-hydrogen) atoms. The van der Waals surface area contributed by atoms with E-state index in [-0.39, 0.29) is 17.5 Å². The molecule has 12 heteroatoms. The van der Waals surface area contributed by atoms with Gasteiger partial charge in [-0.2, -0.15) is 13.2 Å². The second-order valence-corrected chi connectivity index (χ2v) is 10.4. The summed E-state index contributed by atoms with van der Waals surface area (Å²) in [6.45, 7) is 3.08.